The Labute approximate surface area is 84.7 Å². The highest BCUT2D eigenvalue weighted by molar-refractivity contribution is 6.30. The van der Waals surface area contributed by atoms with Crippen LogP contribution in [-0.4, -0.2) is 0 Å². The molecule has 1 aromatic carbocycles. The zero-order valence-electron chi connectivity index (χ0n) is 7.03. The molecule has 0 nitrogen and oxygen atoms in total. The molecule has 0 amide bonds. The average molecular weight is 219 g/mol. The largest absolute Gasteiger partial charge is 0.416 e. The maximum Gasteiger partial charge on any atom is 0.416 e. The van der Waals surface area contributed by atoms with E-state index in [1.54, 1.807) is 0 Å². The molecule has 0 radical (unpaired) electrons. The molecule has 0 aliphatic rings. The van der Waals surface area contributed by atoms with E-state index >= 15 is 0 Å². The highest BCUT2D eigenvalue weighted by Crippen LogP contribution is 2.31. The Morgan fingerprint density at radius 3 is 2.43 bits per heavy atom. The molecular formula is C10H6ClF3. The number of terminal acetylenes is 1. The van der Waals surface area contributed by atoms with Crippen molar-refractivity contribution in [3.8, 4) is 12.3 Å². The van der Waals surface area contributed by atoms with Crippen LogP contribution in [0.5, 0.6) is 0 Å². The van der Waals surface area contributed by atoms with Crippen molar-refractivity contribution >= 4 is 11.6 Å². The van der Waals surface area contributed by atoms with Crippen LogP contribution in [0.15, 0.2) is 18.2 Å². The van der Waals surface area contributed by atoms with E-state index < -0.39 is 11.7 Å². The summed E-state index contributed by atoms with van der Waals surface area (Å²) in [7, 11) is 0. The molecule has 0 saturated carbocycles. The zero-order chi connectivity index (χ0) is 10.8. The Morgan fingerprint density at radius 2 is 1.93 bits per heavy atom. The number of halogens is 4. The molecule has 0 fully saturated rings. The van der Waals surface area contributed by atoms with Crippen molar-refractivity contribution in [1.29, 1.82) is 0 Å². The lowest BCUT2D eigenvalue weighted by Crippen LogP contribution is -2.05. The lowest BCUT2D eigenvalue weighted by molar-refractivity contribution is -0.137. The van der Waals surface area contributed by atoms with Gasteiger partial charge in [-0.1, -0.05) is 11.6 Å². The van der Waals surface area contributed by atoms with E-state index in [9.17, 15) is 13.2 Å². The summed E-state index contributed by atoms with van der Waals surface area (Å²) >= 11 is 5.52. The molecular weight excluding hydrogens is 213 g/mol. The zero-order valence-corrected chi connectivity index (χ0v) is 7.78. The van der Waals surface area contributed by atoms with Crippen LogP contribution in [0.3, 0.4) is 0 Å². The van der Waals surface area contributed by atoms with Gasteiger partial charge in [-0.15, -0.1) is 12.3 Å². The fourth-order valence-electron chi connectivity index (χ4n) is 1.03. The van der Waals surface area contributed by atoms with E-state index in [2.05, 4.69) is 5.92 Å². The maximum absolute atomic E-state index is 12.3. The minimum absolute atomic E-state index is 0.0464. The molecule has 74 valence electrons. The third-order valence-electron chi connectivity index (χ3n) is 1.59. The molecule has 1 rings (SSSR count). The molecule has 4 heteroatoms. The maximum atomic E-state index is 12.3. The first-order valence-electron chi connectivity index (χ1n) is 3.73. The van der Waals surface area contributed by atoms with E-state index in [0.29, 0.717) is 5.56 Å². The SMILES string of the molecule is C#CCc1cc(Cl)cc(C(F)(F)F)c1. The van der Waals surface area contributed by atoms with Crippen LogP contribution in [-0.2, 0) is 12.6 Å². The molecule has 0 unspecified atom stereocenters. The van der Waals surface area contributed by atoms with Crippen molar-refractivity contribution in [2.24, 2.45) is 0 Å². The van der Waals surface area contributed by atoms with Crippen LogP contribution in [0.4, 0.5) is 13.2 Å². The smallest absolute Gasteiger partial charge is 0.166 e. The fraction of sp³-hybridized carbons (Fsp3) is 0.200. The Kier molecular flexibility index (Phi) is 3.07. The second-order valence-corrected chi connectivity index (χ2v) is 3.16. The predicted molar refractivity (Wildman–Crippen MR) is 49.0 cm³/mol. The first-order valence-corrected chi connectivity index (χ1v) is 4.11. The first-order chi connectivity index (χ1) is 6.43. The van der Waals surface area contributed by atoms with Gasteiger partial charge in [0.05, 0.1) is 5.56 Å². The Balaban J connectivity index is 3.15. The summed E-state index contributed by atoms with van der Waals surface area (Å²) in [5, 5.41) is 0.0464. The highest BCUT2D eigenvalue weighted by Gasteiger charge is 2.30. The molecule has 0 aromatic heterocycles. The van der Waals surface area contributed by atoms with E-state index in [1.165, 1.54) is 6.07 Å². The molecule has 0 atom stereocenters. The summed E-state index contributed by atoms with van der Waals surface area (Å²) in [4.78, 5) is 0. The van der Waals surface area contributed by atoms with Gasteiger partial charge in [-0.05, 0) is 23.8 Å². The third-order valence-corrected chi connectivity index (χ3v) is 1.81. The van der Waals surface area contributed by atoms with Gasteiger partial charge in [0.2, 0.25) is 0 Å². The summed E-state index contributed by atoms with van der Waals surface area (Å²) in [6.07, 6.45) is 0.757. The van der Waals surface area contributed by atoms with E-state index in [1.807, 2.05) is 0 Å². The second-order valence-electron chi connectivity index (χ2n) is 2.73. The van der Waals surface area contributed by atoms with Gasteiger partial charge in [-0.25, -0.2) is 0 Å². The molecule has 0 bridgehead atoms. The van der Waals surface area contributed by atoms with E-state index in [0.717, 1.165) is 12.1 Å². The molecule has 0 heterocycles. The van der Waals surface area contributed by atoms with Gasteiger partial charge in [-0.2, -0.15) is 13.2 Å². The van der Waals surface area contributed by atoms with Crippen molar-refractivity contribution in [2.75, 3.05) is 0 Å². The fourth-order valence-corrected chi connectivity index (χ4v) is 1.29. The highest BCUT2D eigenvalue weighted by atomic mass is 35.5. The van der Waals surface area contributed by atoms with Crippen molar-refractivity contribution < 1.29 is 13.2 Å². The van der Waals surface area contributed by atoms with Gasteiger partial charge in [-0.3, -0.25) is 0 Å². The van der Waals surface area contributed by atoms with Crippen molar-refractivity contribution in [3.63, 3.8) is 0 Å². The Bertz CT molecular complexity index is 374. The minimum atomic E-state index is -4.38. The van der Waals surface area contributed by atoms with Crippen molar-refractivity contribution in [1.82, 2.24) is 0 Å². The summed E-state index contributed by atoms with van der Waals surface area (Å²) in [5.41, 5.74) is -0.373. The summed E-state index contributed by atoms with van der Waals surface area (Å²) < 4.78 is 36.8. The lowest BCUT2D eigenvalue weighted by Gasteiger charge is -2.08. The van der Waals surface area contributed by atoms with Gasteiger partial charge >= 0.3 is 6.18 Å². The van der Waals surface area contributed by atoms with Crippen LogP contribution < -0.4 is 0 Å². The molecule has 0 aliphatic heterocycles. The van der Waals surface area contributed by atoms with Gasteiger partial charge in [0.25, 0.3) is 0 Å². The normalized spacial score (nSPS) is 11.1. The summed E-state index contributed by atoms with van der Waals surface area (Å²) in [6, 6.07) is 3.31. The number of benzene rings is 1. The molecule has 0 saturated heterocycles. The third kappa shape index (κ3) is 2.68. The van der Waals surface area contributed by atoms with Crippen LogP contribution in [0.25, 0.3) is 0 Å². The minimum Gasteiger partial charge on any atom is -0.166 e. The van der Waals surface area contributed by atoms with Crippen molar-refractivity contribution in [2.45, 2.75) is 12.6 Å². The monoisotopic (exact) mass is 218 g/mol. The van der Waals surface area contributed by atoms with Crippen LogP contribution in [0.1, 0.15) is 11.1 Å². The summed E-state index contributed by atoms with van der Waals surface area (Å²) in [5.74, 6) is 2.26. The number of rotatable bonds is 1. The molecule has 14 heavy (non-hydrogen) atoms. The Morgan fingerprint density at radius 1 is 1.29 bits per heavy atom. The lowest BCUT2D eigenvalue weighted by atomic mass is 10.1. The first kappa shape index (κ1) is 10.9. The quantitative estimate of drug-likeness (QED) is 0.633. The standard InChI is InChI=1S/C10H6ClF3/c1-2-3-7-4-8(10(12,13)14)6-9(11)5-7/h1,4-6H,3H2. The van der Waals surface area contributed by atoms with Gasteiger partial charge in [0.1, 0.15) is 0 Å². The molecule has 0 spiro atoms. The van der Waals surface area contributed by atoms with Gasteiger partial charge in [0, 0.05) is 11.4 Å². The van der Waals surface area contributed by atoms with Gasteiger partial charge < -0.3 is 0 Å². The van der Waals surface area contributed by atoms with E-state index in [-0.39, 0.29) is 11.4 Å². The summed E-state index contributed by atoms with van der Waals surface area (Å²) in [6.45, 7) is 0. The van der Waals surface area contributed by atoms with Crippen LogP contribution in [0, 0.1) is 12.3 Å². The number of hydrogen-bond acceptors (Lipinski definition) is 0. The number of alkyl halides is 3. The number of hydrogen-bond donors (Lipinski definition) is 0. The second kappa shape index (κ2) is 3.93. The molecule has 0 N–H and O–H groups in total. The average Bonchev–Trinajstić information content (AvgIpc) is 2.02. The topological polar surface area (TPSA) is 0 Å². The van der Waals surface area contributed by atoms with Gasteiger partial charge in [0.15, 0.2) is 0 Å². The van der Waals surface area contributed by atoms with E-state index in [4.69, 9.17) is 18.0 Å². The van der Waals surface area contributed by atoms with Crippen LogP contribution in [0.2, 0.25) is 5.02 Å². The molecule has 1 aromatic rings. The predicted octanol–water partition coefficient (Wildman–Crippen LogP) is 3.53. The van der Waals surface area contributed by atoms with Crippen LogP contribution >= 0.6 is 11.6 Å². The molecule has 0 aliphatic carbocycles. The Hall–Kier alpha value is -1.14. The van der Waals surface area contributed by atoms with Crippen molar-refractivity contribution in [3.05, 3.63) is 34.3 Å².